The molecule has 1 aliphatic rings. The molecule has 1 fully saturated rings. The molecular formula is C20H22N4O4. The smallest absolute Gasteiger partial charge is 0.339 e. The van der Waals surface area contributed by atoms with Crippen molar-refractivity contribution in [2.24, 2.45) is 0 Å². The molecule has 0 saturated carbocycles. The highest BCUT2D eigenvalue weighted by Crippen LogP contribution is 2.17. The van der Waals surface area contributed by atoms with Gasteiger partial charge in [-0.05, 0) is 31.3 Å². The summed E-state index contributed by atoms with van der Waals surface area (Å²) in [6, 6.07) is 11.3. The molecule has 0 bridgehead atoms. The van der Waals surface area contributed by atoms with Crippen molar-refractivity contribution >= 4 is 23.5 Å². The van der Waals surface area contributed by atoms with Crippen LogP contribution in [0.25, 0.3) is 0 Å². The number of ether oxygens (including phenoxy) is 1. The largest absolute Gasteiger partial charge is 0.465 e. The van der Waals surface area contributed by atoms with Gasteiger partial charge < -0.3 is 19.9 Å². The molecule has 0 unspecified atom stereocenters. The van der Waals surface area contributed by atoms with Crippen molar-refractivity contribution in [2.75, 3.05) is 45.7 Å². The van der Waals surface area contributed by atoms with E-state index in [1.165, 1.54) is 13.2 Å². The molecule has 146 valence electrons. The maximum atomic E-state index is 12.7. The van der Waals surface area contributed by atoms with Gasteiger partial charge in [0.05, 0.1) is 18.4 Å². The first-order chi connectivity index (χ1) is 13.5. The first-order valence-electron chi connectivity index (χ1n) is 8.93. The number of hydrogen-bond acceptors (Lipinski definition) is 6. The van der Waals surface area contributed by atoms with E-state index in [1.54, 1.807) is 41.3 Å². The Kier molecular flexibility index (Phi) is 6.00. The Hall–Kier alpha value is -3.26. The minimum Gasteiger partial charge on any atom is -0.465 e. The number of pyridine rings is 1. The molecule has 1 aromatic heterocycles. The van der Waals surface area contributed by atoms with E-state index < -0.39 is 11.9 Å². The molecule has 1 aromatic carbocycles. The fourth-order valence-corrected chi connectivity index (χ4v) is 2.92. The van der Waals surface area contributed by atoms with E-state index in [9.17, 15) is 14.4 Å². The quantitative estimate of drug-likeness (QED) is 0.806. The molecular weight excluding hydrogens is 360 g/mol. The first kappa shape index (κ1) is 19.5. The van der Waals surface area contributed by atoms with E-state index in [0.717, 1.165) is 13.1 Å². The van der Waals surface area contributed by atoms with Crippen LogP contribution in [0.1, 0.15) is 31.3 Å². The highest BCUT2D eigenvalue weighted by atomic mass is 16.5. The summed E-state index contributed by atoms with van der Waals surface area (Å²) in [6.07, 6.45) is 0. The number of anilines is 1. The van der Waals surface area contributed by atoms with Crippen LogP contribution < -0.4 is 5.32 Å². The molecule has 0 spiro atoms. The number of likely N-dealkylation sites (N-methyl/N-ethyl adjacent to an activating group) is 1. The summed E-state index contributed by atoms with van der Waals surface area (Å²) in [4.78, 5) is 45.2. The fraction of sp³-hybridized carbons (Fsp3) is 0.300. The molecule has 2 heterocycles. The minimum atomic E-state index is -0.553. The fourth-order valence-electron chi connectivity index (χ4n) is 2.92. The van der Waals surface area contributed by atoms with E-state index in [-0.39, 0.29) is 22.9 Å². The number of carbonyl (C=O) groups excluding carboxylic acids is 3. The Morgan fingerprint density at radius 1 is 0.964 bits per heavy atom. The van der Waals surface area contributed by atoms with Crippen molar-refractivity contribution in [3.05, 3.63) is 59.4 Å². The molecule has 1 N–H and O–H groups in total. The van der Waals surface area contributed by atoms with Gasteiger partial charge in [0.2, 0.25) is 0 Å². The first-order valence-corrected chi connectivity index (χ1v) is 8.93. The molecule has 0 atom stereocenters. The third-order valence-corrected chi connectivity index (χ3v) is 4.57. The predicted octanol–water partition coefficient (Wildman–Crippen LogP) is 1.51. The van der Waals surface area contributed by atoms with E-state index in [4.69, 9.17) is 4.74 Å². The lowest BCUT2D eigenvalue weighted by molar-refractivity contribution is 0.0601. The molecule has 8 heteroatoms. The van der Waals surface area contributed by atoms with E-state index in [1.807, 2.05) is 7.05 Å². The van der Waals surface area contributed by atoms with Gasteiger partial charge in [-0.15, -0.1) is 0 Å². The molecule has 1 aliphatic heterocycles. The van der Waals surface area contributed by atoms with Gasteiger partial charge in [0, 0.05) is 26.2 Å². The highest BCUT2D eigenvalue weighted by molar-refractivity contribution is 6.07. The average molecular weight is 382 g/mol. The number of methoxy groups -OCH3 is 1. The second kappa shape index (κ2) is 8.62. The summed E-state index contributed by atoms with van der Waals surface area (Å²) >= 11 is 0. The second-order valence-corrected chi connectivity index (χ2v) is 6.49. The number of nitrogens with zero attached hydrogens (tertiary/aromatic N) is 3. The van der Waals surface area contributed by atoms with Crippen LogP contribution >= 0.6 is 0 Å². The number of rotatable bonds is 4. The zero-order valence-corrected chi connectivity index (χ0v) is 15.8. The van der Waals surface area contributed by atoms with E-state index >= 15 is 0 Å². The number of nitrogens with one attached hydrogen (secondary N) is 1. The summed E-state index contributed by atoms with van der Waals surface area (Å²) in [7, 11) is 3.28. The van der Waals surface area contributed by atoms with Crippen LogP contribution in [0.5, 0.6) is 0 Å². The zero-order valence-electron chi connectivity index (χ0n) is 15.8. The van der Waals surface area contributed by atoms with E-state index in [2.05, 4.69) is 15.2 Å². The lowest BCUT2D eigenvalue weighted by Crippen LogP contribution is -2.47. The summed E-state index contributed by atoms with van der Waals surface area (Å²) in [6.45, 7) is 2.85. The normalized spacial score (nSPS) is 14.4. The van der Waals surface area contributed by atoms with Crippen LogP contribution in [0.2, 0.25) is 0 Å². The summed E-state index contributed by atoms with van der Waals surface area (Å²) in [5.74, 6) is -1.26. The number of aromatic nitrogens is 1. The topological polar surface area (TPSA) is 91.8 Å². The molecule has 2 amide bonds. The van der Waals surface area contributed by atoms with Gasteiger partial charge in [0.1, 0.15) is 11.4 Å². The van der Waals surface area contributed by atoms with Gasteiger partial charge in [0.25, 0.3) is 11.8 Å². The lowest BCUT2D eigenvalue weighted by Gasteiger charge is -2.32. The maximum Gasteiger partial charge on any atom is 0.339 e. The van der Waals surface area contributed by atoms with Crippen molar-refractivity contribution in [3.63, 3.8) is 0 Å². The standard InChI is InChI=1S/C20H22N4O4/c1-23-10-12-24(13-11-23)19(26)17-9-5-8-16(21-17)18(25)22-15-7-4-3-6-14(15)20(27)28-2/h3-9H,10-13H2,1-2H3,(H,22,25). The second-order valence-electron chi connectivity index (χ2n) is 6.49. The van der Waals surface area contributed by atoms with Crippen LogP contribution in [0, 0.1) is 0 Å². The van der Waals surface area contributed by atoms with Gasteiger partial charge in [-0.3, -0.25) is 9.59 Å². The summed E-state index contributed by atoms with van der Waals surface area (Å²) < 4.78 is 4.73. The van der Waals surface area contributed by atoms with Crippen LogP contribution in [0.3, 0.4) is 0 Å². The predicted molar refractivity (Wildman–Crippen MR) is 103 cm³/mol. The van der Waals surface area contributed by atoms with Crippen molar-refractivity contribution in [1.29, 1.82) is 0 Å². The van der Waals surface area contributed by atoms with Crippen LogP contribution in [0.4, 0.5) is 5.69 Å². The van der Waals surface area contributed by atoms with Gasteiger partial charge in [0.15, 0.2) is 0 Å². The van der Waals surface area contributed by atoms with Crippen LogP contribution in [-0.4, -0.2) is 72.9 Å². The van der Waals surface area contributed by atoms with Gasteiger partial charge in [-0.25, -0.2) is 9.78 Å². The highest BCUT2D eigenvalue weighted by Gasteiger charge is 2.22. The SMILES string of the molecule is COC(=O)c1ccccc1NC(=O)c1cccc(C(=O)N2CCN(C)CC2)n1. The van der Waals surface area contributed by atoms with Gasteiger partial charge in [-0.1, -0.05) is 18.2 Å². The number of para-hydroxylation sites is 1. The van der Waals surface area contributed by atoms with Gasteiger partial charge >= 0.3 is 5.97 Å². The Morgan fingerprint density at radius 2 is 1.64 bits per heavy atom. The molecule has 3 rings (SSSR count). The summed E-state index contributed by atoms with van der Waals surface area (Å²) in [5, 5.41) is 2.66. The maximum absolute atomic E-state index is 12.7. The average Bonchev–Trinajstić information content (AvgIpc) is 2.73. The molecule has 28 heavy (non-hydrogen) atoms. The Bertz CT molecular complexity index is 891. The van der Waals surface area contributed by atoms with Crippen LogP contribution in [0.15, 0.2) is 42.5 Å². The van der Waals surface area contributed by atoms with Gasteiger partial charge in [-0.2, -0.15) is 0 Å². The molecule has 0 radical (unpaired) electrons. The Balaban J connectivity index is 1.76. The van der Waals surface area contributed by atoms with Crippen molar-refractivity contribution in [2.45, 2.75) is 0 Å². The Labute approximate surface area is 163 Å². The summed E-state index contributed by atoms with van der Waals surface area (Å²) in [5.41, 5.74) is 0.873. The number of esters is 1. The molecule has 8 nitrogen and oxygen atoms in total. The number of amides is 2. The number of carbonyl (C=O) groups is 3. The number of hydrogen-bond donors (Lipinski definition) is 1. The molecule has 0 aliphatic carbocycles. The third kappa shape index (κ3) is 4.34. The van der Waals surface area contributed by atoms with Crippen molar-refractivity contribution in [3.8, 4) is 0 Å². The van der Waals surface area contributed by atoms with Crippen molar-refractivity contribution < 1.29 is 19.1 Å². The molecule has 1 saturated heterocycles. The van der Waals surface area contributed by atoms with Crippen molar-refractivity contribution in [1.82, 2.24) is 14.8 Å². The van der Waals surface area contributed by atoms with Crippen LogP contribution in [-0.2, 0) is 4.74 Å². The number of benzene rings is 1. The molecule has 2 aromatic rings. The zero-order chi connectivity index (χ0) is 20.1. The monoisotopic (exact) mass is 382 g/mol. The van der Waals surface area contributed by atoms with E-state index in [0.29, 0.717) is 18.8 Å². The Morgan fingerprint density at radius 3 is 2.36 bits per heavy atom. The minimum absolute atomic E-state index is 0.0969. The third-order valence-electron chi connectivity index (χ3n) is 4.57. The lowest BCUT2D eigenvalue weighted by atomic mass is 10.1. The number of piperazine rings is 1.